The first-order valence-electron chi connectivity index (χ1n) is 6.40. The molecule has 0 aliphatic carbocycles. The van der Waals surface area contributed by atoms with Crippen LogP contribution in [0.25, 0.3) is 0 Å². The van der Waals surface area contributed by atoms with Gasteiger partial charge >= 0.3 is 0 Å². The van der Waals surface area contributed by atoms with Gasteiger partial charge in [0.1, 0.15) is 0 Å². The minimum absolute atomic E-state index is 0.199. The standard InChI is InChI=1S/C13H16FN3O/c14-12-8-9(3-5-15-12)13(18)16-10-4-7-17-6-1-2-11(10)17/h3,5,8,10-11H,1-2,4,6-7H2,(H,16,18). The van der Waals surface area contributed by atoms with Crippen LogP contribution in [0.4, 0.5) is 4.39 Å². The summed E-state index contributed by atoms with van der Waals surface area (Å²) in [6.07, 6.45) is 4.67. The lowest BCUT2D eigenvalue weighted by molar-refractivity contribution is 0.0929. The zero-order valence-corrected chi connectivity index (χ0v) is 10.1. The normalized spacial score (nSPS) is 27.2. The highest BCUT2D eigenvalue weighted by molar-refractivity contribution is 5.94. The third-order valence-corrected chi connectivity index (χ3v) is 3.91. The smallest absolute Gasteiger partial charge is 0.251 e. The predicted molar refractivity (Wildman–Crippen MR) is 64.7 cm³/mol. The van der Waals surface area contributed by atoms with Crippen LogP contribution in [-0.2, 0) is 0 Å². The van der Waals surface area contributed by atoms with Crippen molar-refractivity contribution in [3.05, 3.63) is 29.8 Å². The van der Waals surface area contributed by atoms with Crippen LogP contribution >= 0.6 is 0 Å². The maximum Gasteiger partial charge on any atom is 0.251 e. The second kappa shape index (κ2) is 4.65. The Bertz CT molecular complexity index is 465. The summed E-state index contributed by atoms with van der Waals surface area (Å²) in [6.45, 7) is 2.20. The van der Waals surface area contributed by atoms with Crippen molar-refractivity contribution in [1.29, 1.82) is 0 Å². The van der Waals surface area contributed by atoms with Crippen LogP contribution in [0, 0.1) is 5.95 Å². The van der Waals surface area contributed by atoms with Gasteiger partial charge in [-0.25, -0.2) is 4.98 Å². The lowest BCUT2D eigenvalue weighted by Gasteiger charge is -2.21. The lowest BCUT2D eigenvalue weighted by Crippen LogP contribution is -2.42. The highest BCUT2D eigenvalue weighted by Crippen LogP contribution is 2.28. The van der Waals surface area contributed by atoms with E-state index < -0.39 is 5.95 Å². The SMILES string of the molecule is O=C(NC1CCN2CCCC12)c1ccnc(F)c1. The molecule has 1 aromatic rings. The molecule has 3 heterocycles. The van der Waals surface area contributed by atoms with Gasteiger partial charge in [0.05, 0.1) is 0 Å². The topological polar surface area (TPSA) is 45.2 Å². The zero-order valence-electron chi connectivity index (χ0n) is 10.1. The van der Waals surface area contributed by atoms with Gasteiger partial charge in [-0.05, 0) is 31.9 Å². The lowest BCUT2D eigenvalue weighted by atomic mass is 10.1. The molecule has 2 aliphatic heterocycles. The molecule has 0 aromatic carbocycles. The van der Waals surface area contributed by atoms with E-state index in [9.17, 15) is 9.18 Å². The second-order valence-electron chi connectivity index (χ2n) is 4.98. The molecule has 1 aromatic heterocycles. The van der Waals surface area contributed by atoms with E-state index in [-0.39, 0.29) is 11.9 Å². The number of nitrogens with zero attached hydrogens (tertiary/aromatic N) is 2. The summed E-state index contributed by atoms with van der Waals surface area (Å²) >= 11 is 0. The van der Waals surface area contributed by atoms with E-state index in [1.54, 1.807) is 6.07 Å². The summed E-state index contributed by atoms with van der Waals surface area (Å²) in [7, 11) is 0. The molecule has 2 aliphatic rings. The van der Waals surface area contributed by atoms with Crippen molar-refractivity contribution in [2.45, 2.75) is 31.3 Å². The second-order valence-corrected chi connectivity index (χ2v) is 4.98. The Morgan fingerprint density at radius 3 is 3.17 bits per heavy atom. The Balaban J connectivity index is 1.68. The number of amides is 1. The highest BCUT2D eigenvalue weighted by Gasteiger charge is 2.37. The van der Waals surface area contributed by atoms with Crippen molar-refractivity contribution in [3.63, 3.8) is 0 Å². The molecule has 4 nitrogen and oxygen atoms in total. The van der Waals surface area contributed by atoms with Crippen LogP contribution in [0.5, 0.6) is 0 Å². The molecule has 0 saturated carbocycles. The van der Waals surface area contributed by atoms with Crippen LogP contribution in [0.2, 0.25) is 0 Å². The van der Waals surface area contributed by atoms with Crippen molar-refractivity contribution in [3.8, 4) is 0 Å². The van der Waals surface area contributed by atoms with Gasteiger partial charge in [-0.3, -0.25) is 9.69 Å². The fourth-order valence-corrected chi connectivity index (χ4v) is 3.05. The van der Waals surface area contributed by atoms with Gasteiger partial charge < -0.3 is 5.32 Å². The quantitative estimate of drug-likeness (QED) is 0.801. The number of nitrogens with one attached hydrogen (secondary N) is 1. The van der Waals surface area contributed by atoms with Crippen LogP contribution in [0.15, 0.2) is 18.3 Å². The number of hydrogen-bond acceptors (Lipinski definition) is 3. The van der Waals surface area contributed by atoms with Crippen LogP contribution in [0.1, 0.15) is 29.6 Å². The third-order valence-electron chi connectivity index (χ3n) is 3.91. The van der Waals surface area contributed by atoms with Crippen molar-refractivity contribution in [1.82, 2.24) is 15.2 Å². The van der Waals surface area contributed by atoms with E-state index in [1.807, 2.05) is 0 Å². The number of hydrogen-bond donors (Lipinski definition) is 1. The van der Waals surface area contributed by atoms with E-state index in [4.69, 9.17) is 0 Å². The number of fused-ring (bicyclic) bond motifs is 1. The van der Waals surface area contributed by atoms with Crippen molar-refractivity contribution < 1.29 is 9.18 Å². The number of halogens is 1. The molecule has 0 bridgehead atoms. The summed E-state index contributed by atoms with van der Waals surface area (Å²) in [5.74, 6) is -0.813. The van der Waals surface area contributed by atoms with E-state index in [0.29, 0.717) is 11.6 Å². The Labute approximate surface area is 105 Å². The first-order valence-corrected chi connectivity index (χ1v) is 6.40. The average molecular weight is 249 g/mol. The predicted octanol–water partition coefficient (Wildman–Crippen LogP) is 1.19. The fourth-order valence-electron chi connectivity index (χ4n) is 3.05. The van der Waals surface area contributed by atoms with Crippen LogP contribution in [-0.4, -0.2) is 41.0 Å². The molecule has 2 fully saturated rings. The average Bonchev–Trinajstić information content (AvgIpc) is 2.94. The van der Waals surface area contributed by atoms with Crippen LogP contribution in [0.3, 0.4) is 0 Å². The Morgan fingerprint density at radius 2 is 2.33 bits per heavy atom. The molecule has 0 spiro atoms. The number of rotatable bonds is 2. The van der Waals surface area contributed by atoms with Crippen molar-refractivity contribution >= 4 is 5.91 Å². The van der Waals surface area contributed by atoms with Gasteiger partial charge in [0.2, 0.25) is 5.95 Å². The molecule has 96 valence electrons. The Morgan fingerprint density at radius 1 is 1.44 bits per heavy atom. The van der Waals surface area contributed by atoms with Gasteiger partial charge in [0.15, 0.2) is 0 Å². The molecule has 18 heavy (non-hydrogen) atoms. The first-order chi connectivity index (χ1) is 8.74. The Hall–Kier alpha value is -1.49. The zero-order chi connectivity index (χ0) is 12.5. The summed E-state index contributed by atoms with van der Waals surface area (Å²) in [5.41, 5.74) is 0.346. The third kappa shape index (κ3) is 2.10. The summed E-state index contributed by atoms with van der Waals surface area (Å²) in [4.78, 5) is 17.9. The van der Waals surface area contributed by atoms with Gasteiger partial charge in [-0.2, -0.15) is 4.39 Å². The maximum absolute atomic E-state index is 13.0. The minimum Gasteiger partial charge on any atom is -0.348 e. The molecule has 3 rings (SSSR count). The highest BCUT2D eigenvalue weighted by atomic mass is 19.1. The number of pyridine rings is 1. The van der Waals surface area contributed by atoms with Crippen molar-refractivity contribution in [2.75, 3.05) is 13.1 Å². The molecular formula is C13H16FN3O. The van der Waals surface area contributed by atoms with E-state index in [2.05, 4.69) is 15.2 Å². The maximum atomic E-state index is 13.0. The summed E-state index contributed by atoms with van der Waals surface area (Å²) < 4.78 is 13.0. The molecule has 1 amide bonds. The number of carbonyl (C=O) groups excluding carboxylic acids is 1. The number of aromatic nitrogens is 1. The molecule has 2 atom stereocenters. The largest absolute Gasteiger partial charge is 0.348 e. The molecule has 5 heteroatoms. The van der Waals surface area contributed by atoms with Gasteiger partial charge in [-0.15, -0.1) is 0 Å². The molecule has 1 N–H and O–H groups in total. The number of carbonyl (C=O) groups is 1. The minimum atomic E-state index is -0.614. The van der Waals surface area contributed by atoms with E-state index >= 15 is 0 Å². The summed E-state index contributed by atoms with van der Waals surface area (Å²) in [6, 6.07) is 3.40. The molecular weight excluding hydrogens is 233 g/mol. The van der Waals surface area contributed by atoms with Gasteiger partial charge in [0.25, 0.3) is 5.91 Å². The Kier molecular flexibility index (Phi) is 2.99. The van der Waals surface area contributed by atoms with Gasteiger partial charge in [0, 0.05) is 36.5 Å². The molecule has 2 saturated heterocycles. The first kappa shape index (κ1) is 11.6. The molecule has 2 unspecified atom stereocenters. The van der Waals surface area contributed by atoms with Gasteiger partial charge in [-0.1, -0.05) is 0 Å². The molecule has 0 radical (unpaired) electrons. The fraction of sp³-hybridized carbons (Fsp3) is 0.538. The van der Waals surface area contributed by atoms with Crippen LogP contribution < -0.4 is 5.32 Å². The summed E-state index contributed by atoms with van der Waals surface area (Å²) in [5, 5.41) is 3.02. The monoisotopic (exact) mass is 249 g/mol. The van der Waals surface area contributed by atoms with E-state index in [1.165, 1.54) is 18.7 Å². The van der Waals surface area contributed by atoms with E-state index in [0.717, 1.165) is 25.9 Å². The van der Waals surface area contributed by atoms with Crippen molar-refractivity contribution in [2.24, 2.45) is 0 Å².